The minimum Gasteiger partial charge on any atom is -0.495 e. The van der Waals surface area contributed by atoms with Crippen LogP contribution in [0.5, 0.6) is 5.75 Å². The van der Waals surface area contributed by atoms with Gasteiger partial charge in [0.2, 0.25) is 5.95 Å². The van der Waals surface area contributed by atoms with E-state index in [-0.39, 0.29) is 10.8 Å². The molecule has 0 bridgehead atoms. The minimum atomic E-state index is -0.133. The highest BCUT2D eigenvalue weighted by atomic mass is 32.2. The van der Waals surface area contributed by atoms with Gasteiger partial charge < -0.3 is 14.6 Å². The standard InChI is InChI=1S/C24H28N6O2S2/c1-14-15(2)33-22-19(14)21(31)25-20(26-22)16(3)34-24-28-27-23(29-12-8-5-9-13-29)30(24)17-10-6-7-11-18(17)32-4/h6-7,10-11,16H,5,8-9,12-13H2,1-4H3,(H,25,26,31). The third kappa shape index (κ3) is 4.09. The van der Waals surface area contributed by atoms with E-state index in [9.17, 15) is 4.79 Å². The number of para-hydroxylation sites is 2. The molecule has 1 aliphatic heterocycles. The fraction of sp³-hybridized carbons (Fsp3) is 0.417. The van der Waals surface area contributed by atoms with E-state index >= 15 is 0 Å². The van der Waals surface area contributed by atoms with Crippen LogP contribution < -0.4 is 15.2 Å². The number of anilines is 1. The molecule has 1 N–H and O–H groups in total. The minimum absolute atomic E-state index is 0.0884. The molecule has 8 nitrogen and oxygen atoms in total. The Morgan fingerprint density at radius 3 is 2.68 bits per heavy atom. The van der Waals surface area contributed by atoms with Crippen molar-refractivity contribution in [1.82, 2.24) is 24.7 Å². The van der Waals surface area contributed by atoms with Crippen LogP contribution in [-0.4, -0.2) is 44.9 Å². The number of fused-ring (bicyclic) bond motifs is 1. The molecule has 0 aliphatic carbocycles. The van der Waals surface area contributed by atoms with Crippen molar-refractivity contribution in [3.8, 4) is 11.4 Å². The monoisotopic (exact) mass is 496 g/mol. The van der Waals surface area contributed by atoms with Crippen LogP contribution in [-0.2, 0) is 0 Å². The van der Waals surface area contributed by atoms with Crippen LogP contribution in [0.2, 0.25) is 0 Å². The normalized spacial score (nSPS) is 15.1. The van der Waals surface area contributed by atoms with Crippen LogP contribution in [0.15, 0.2) is 34.2 Å². The van der Waals surface area contributed by atoms with Gasteiger partial charge in [0.25, 0.3) is 5.56 Å². The number of nitrogens with zero attached hydrogens (tertiary/aromatic N) is 5. The molecule has 10 heteroatoms. The molecular formula is C24H28N6O2S2. The van der Waals surface area contributed by atoms with E-state index in [4.69, 9.17) is 9.72 Å². The molecule has 1 unspecified atom stereocenters. The van der Waals surface area contributed by atoms with E-state index < -0.39 is 0 Å². The Labute approximate surface area is 206 Å². The number of aromatic amines is 1. The number of aromatic nitrogens is 5. The molecule has 0 spiro atoms. The zero-order valence-corrected chi connectivity index (χ0v) is 21.4. The van der Waals surface area contributed by atoms with E-state index in [0.717, 1.165) is 63.7 Å². The number of ether oxygens (including phenoxy) is 1. The summed E-state index contributed by atoms with van der Waals surface area (Å²) >= 11 is 3.09. The van der Waals surface area contributed by atoms with Gasteiger partial charge in [-0.1, -0.05) is 23.9 Å². The van der Waals surface area contributed by atoms with Crippen LogP contribution in [0, 0.1) is 13.8 Å². The molecule has 178 valence electrons. The Hall–Kier alpha value is -2.85. The highest BCUT2D eigenvalue weighted by molar-refractivity contribution is 7.99. The first kappa shape index (κ1) is 22.9. The number of methoxy groups -OCH3 is 1. The lowest BCUT2D eigenvalue weighted by Gasteiger charge is -2.28. The smallest absolute Gasteiger partial charge is 0.259 e. The topological polar surface area (TPSA) is 88.9 Å². The first-order valence-electron chi connectivity index (χ1n) is 11.5. The first-order chi connectivity index (χ1) is 16.5. The quantitative estimate of drug-likeness (QED) is 0.374. The number of thiophene rings is 1. The van der Waals surface area contributed by atoms with E-state index in [0.29, 0.717) is 11.2 Å². The van der Waals surface area contributed by atoms with Gasteiger partial charge in [0.05, 0.1) is 23.4 Å². The van der Waals surface area contributed by atoms with Crippen molar-refractivity contribution >= 4 is 39.3 Å². The number of piperidine rings is 1. The van der Waals surface area contributed by atoms with Crippen molar-refractivity contribution in [2.75, 3.05) is 25.1 Å². The SMILES string of the molecule is COc1ccccc1-n1c(SC(C)c2nc3sc(C)c(C)c3c(=O)[nH]2)nnc1N1CCCCC1. The highest BCUT2D eigenvalue weighted by Gasteiger charge is 2.25. The van der Waals surface area contributed by atoms with E-state index in [1.165, 1.54) is 18.2 Å². The van der Waals surface area contributed by atoms with Gasteiger partial charge in [0.1, 0.15) is 16.4 Å². The summed E-state index contributed by atoms with van der Waals surface area (Å²) in [6.07, 6.45) is 3.52. The Kier molecular flexibility index (Phi) is 6.35. The second-order valence-electron chi connectivity index (χ2n) is 8.51. The highest BCUT2D eigenvalue weighted by Crippen LogP contribution is 2.38. The third-order valence-corrected chi connectivity index (χ3v) is 8.46. The van der Waals surface area contributed by atoms with Gasteiger partial charge in [0.15, 0.2) is 5.16 Å². The molecule has 0 amide bonds. The lowest BCUT2D eigenvalue weighted by atomic mass is 10.1. The van der Waals surface area contributed by atoms with Crippen LogP contribution in [0.1, 0.15) is 47.7 Å². The summed E-state index contributed by atoms with van der Waals surface area (Å²) in [5.74, 6) is 2.21. The molecule has 34 heavy (non-hydrogen) atoms. The molecule has 1 atom stereocenters. The summed E-state index contributed by atoms with van der Waals surface area (Å²) in [6, 6.07) is 7.91. The van der Waals surface area contributed by atoms with Crippen molar-refractivity contribution < 1.29 is 4.74 Å². The molecule has 1 aromatic carbocycles. The summed E-state index contributed by atoms with van der Waals surface area (Å²) in [5.41, 5.74) is 1.81. The Bertz CT molecular complexity index is 1390. The summed E-state index contributed by atoms with van der Waals surface area (Å²) in [5, 5.41) is 10.5. The molecule has 1 aliphatic rings. The van der Waals surface area contributed by atoms with Gasteiger partial charge in [-0.05, 0) is 57.7 Å². The number of benzene rings is 1. The molecular weight excluding hydrogens is 468 g/mol. The van der Waals surface area contributed by atoms with Gasteiger partial charge in [-0.25, -0.2) is 4.98 Å². The number of hydrogen-bond acceptors (Lipinski definition) is 8. The zero-order chi connectivity index (χ0) is 23.8. The lowest BCUT2D eigenvalue weighted by Crippen LogP contribution is -2.31. The van der Waals surface area contributed by atoms with Gasteiger partial charge in [-0.2, -0.15) is 0 Å². The summed E-state index contributed by atoms with van der Waals surface area (Å²) in [6.45, 7) is 7.94. The first-order valence-corrected chi connectivity index (χ1v) is 13.2. The molecule has 0 radical (unpaired) electrons. The van der Waals surface area contributed by atoms with Crippen molar-refractivity contribution in [2.24, 2.45) is 0 Å². The van der Waals surface area contributed by atoms with Crippen LogP contribution in [0.4, 0.5) is 5.95 Å². The van der Waals surface area contributed by atoms with Crippen molar-refractivity contribution in [2.45, 2.75) is 50.4 Å². The number of hydrogen-bond donors (Lipinski definition) is 1. The predicted molar refractivity (Wildman–Crippen MR) is 138 cm³/mol. The lowest BCUT2D eigenvalue weighted by molar-refractivity contribution is 0.412. The van der Waals surface area contributed by atoms with Crippen molar-refractivity contribution in [3.63, 3.8) is 0 Å². The largest absolute Gasteiger partial charge is 0.495 e. The van der Waals surface area contributed by atoms with Gasteiger partial charge >= 0.3 is 0 Å². The Morgan fingerprint density at radius 2 is 1.91 bits per heavy atom. The van der Waals surface area contributed by atoms with Gasteiger partial charge in [-0.3, -0.25) is 9.36 Å². The summed E-state index contributed by atoms with van der Waals surface area (Å²) in [4.78, 5) is 24.8. The molecule has 3 aromatic heterocycles. The molecule has 4 heterocycles. The van der Waals surface area contributed by atoms with Crippen LogP contribution in [0.25, 0.3) is 15.9 Å². The number of aryl methyl sites for hydroxylation is 2. The molecule has 0 saturated carbocycles. The van der Waals surface area contributed by atoms with Gasteiger partial charge in [-0.15, -0.1) is 21.5 Å². The summed E-state index contributed by atoms with van der Waals surface area (Å²) in [7, 11) is 1.67. The van der Waals surface area contributed by atoms with Gasteiger partial charge in [0, 0.05) is 18.0 Å². The number of rotatable bonds is 6. The fourth-order valence-electron chi connectivity index (χ4n) is 4.34. The predicted octanol–water partition coefficient (Wildman–Crippen LogP) is 5.03. The van der Waals surface area contributed by atoms with E-state index in [1.54, 1.807) is 18.4 Å². The number of thioether (sulfide) groups is 1. The average Bonchev–Trinajstić information content (AvgIpc) is 3.39. The zero-order valence-electron chi connectivity index (χ0n) is 19.8. The molecule has 5 rings (SSSR count). The number of nitrogens with one attached hydrogen (secondary N) is 1. The second-order valence-corrected chi connectivity index (χ2v) is 11.0. The maximum Gasteiger partial charge on any atom is 0.259 e. The molecule has 4 aromatic rings. The maximum absolute atomic E-state index is 12.8. The van der Waals surface area contributed by atoms with Crippen LogP contribution >= 0.6 is 23.1 Å². The number of H-pyrrole nitrogens is 1. The molecule has 1 fully saturated rings. The third-order valence-electron chi connectivity index (χ3n) is 6.31. The Balaban J connectivity index is 1.55. The van der Waals surface area contributed by atoms with Crippen molar-refractivity contribution in [1.29, 1.82) is 0 Å². The van der Waals surface area contributed by atoms with E-state index in [2.05, 4.69) is 24.6 Å². The van der Waals surface area contributed by atoms with E-state index in [1.807, 2.05) is 45.0 Å². The van der Waals surface area contributed by atoms with Crippen LogP contribution in [0.3, 0.4) is 0 Å². The molecule has 1 saturated heterocycles. The Morgan fingerprint density at radius 1 is 1.15 bits per heavy atom. The average molecular weight is 497 g/mol. The second kappa shape index (κ2) is 9.42. The maximum atomic E-state index is 12.8. The van der Waals surface area contributed by atoms with Crippen molar-refractivity contribution in [3.05, 3.63) is 50.9 Å². The summed E-state index contributed by atoms with van der Waals surface area (Å²) < 4.78 is 7.74. The fourth-order valence-corrected chi connectivity index (χ4v) is 6.29.